The predicted octanol–water partition coefficient (Wildman–Crippen LogP) is 3.45. The van der Waals surface area contributed by atoms with Crippen LogP contribution in [0.2, 0.25) is 0 Å². The number of nitrogens with two attached hydrogens (primary N) is 1. The first-order valence-electron chi connectivity index (χ1n) is 6.02. The van der Waals surface area contributed by atoms with Crippen molar-refractivity contribution in [2.45, 2.75) is 45.1 Å². The van der Waals surface area contributed by atoms with Gasteiger partial charge in [-0.25, -0.2) is 5.43 Å². The Bertz CT molecular complexity index is 368. The molecule has 0 radical (unpaired) electrons. The molecule has 0 fully saturated rings. The van der Waals surface area contributed by atoms with Gasteiger partial charge in [0.1, 0.15) is 0 Å². The van der Waals surface area contributed by atoms with E-state index in [0.29, 0.717) is 0 Å². The maximum absolute atomic E-state index is 5.73. The van der Waals surface area contributed by atoms with Gasteiger partial charge in [0.15, 0.2) is 0 Å². The summed E-state index contributed by atoms with van der Waals surface area (Å²) >= 11 is 1.80. The summed E-state index contributed by atoms with van der Waals surface area (Å²) in [6, 6.07) is 2.40. The maximum Gasteiger partial charge on any atom is 0.0765 e. The van der Waals surface area contributed by atoms with E-state index < -0.39 is 0 Å². The topological polar surface area (TPSA) is 38.0 Å². The Morgan fingerprint density at radius 3 is 2.94 bits per heavy atom. The zero-order chi connectivity index (χ0) is 11.4. The molecule has 2 nitrogen and oxygen atoms in total. The SMILES string of the molecule is Cc1ccsc1C(NN)C1=CCCCCC1. The molecule has 3 heteroatoms. The van der Waals surface area contributed by atoms with E-state index in [0.717, 1.165) is 0 Å². The van der Waals surface area contributed by atoms with E-state index in [1.54, 1.807) is 11.3 Å². The van der Waals surface area contributed by atoms with Gasteiger partial charge in [0.25, 0.3) is 0 Å². The number of nitrogens with one attached hydrogen (secondary N) is 1. The highest BCUT2D eigenvalue weighted by molar-refractivity contribution is 7.10. The molecule has 1 atom stereocenters. The number of thiophene rings is 1. The Morgan fingerprint density at radius 2 is 2.25 bits per heavy atom. The van der Waals surface area contributed by atoms with E-state index in [-0.39, 0.29) is 6.04 Å². The molecule has 1 aromatic rings. The summed E-state index contributed by atoms with van der Waals surface area (Å²) in [5.74, 6) is 5.73. The van der Waals surface area contributed by atoms with Crippen LogP contribution in [0.3, 0.4) is 0 Å². The van der Waals surface area contributed by atoms with Crippen molar-refractivity contribution in [3.63, 3.8) is 0 Å². The first-order chi connectivity index (χ1) is 7.83. The van der Waals surface area contributed by atoms with Crippen LogP contribution in [-0.2, 0) is 0 Å². The molecule has 0 amide bonds. The van der Waals surface area contributed by atoms with E-state index in [2.05, 4.69) is 29.9 Å². The van der Waals surface area contributed by atoms with Crippen molar-refractivity contribution in [3.8, 4) is 0 Å². The summed E-state index contributed by atoms with van der Waals surface area (Å²) in [5, 5.41) is 2.15. The molecule has 88 valence electrons. The molecule has 0 spiro atoms. The fourth-order valence-electron chi connectivity index (χ4n) is 2.33. The highest BCUT2D eigenvalue weighted by atomic mass is 32.1. The first-order valence-corrected chi connectivity index (χ1v) is 6.90. The minimum absolute atomic E-state index is 0.234. The molecule has 2 rings (SSSR count). The van der Waals surface area contributed by atoms with Crippen LogP contribution in [0.5, 0.6) is 0 Å². The predicted molar refractivity (Wildman–Crippen MR) is 70.3 cm³/mol. The Kier molecular flexibility index (Phi) is 4.16. The lowest BCUT2D eigenvalue weighted by Crippen LogP contribution is -2.29. The first kappa shape index (κ1) is 11.8. The standard InChI is InChI=1S/C13H20N2S/c1-10-8-9-16-13(10)12(15-14)11-6-4-2-3-5-7-11/h6,8-9,12,15H,2-5,7,14H2,1H3. The number of rotatable bonds is 3. The zero-order valence-corrected chi connectivity index (χ0v) is 10.6. The summed E-state index contributed by atoms with van der Waals surface area (Å²) in [6.45, 7) is 2.16. The van der Waals surface area contributed by atoms with Crippen LogP contribution < -0.4 is 11.3 Å². The molecule has 16 heavy (non-hydrogen) atoms. The maximum atomic E-state index is 5.73. The van der Waals surface area contributed by atoms with Gasteiger partial charge in [0.05, 0.1) is 6.04 Å². The van der Waals surface area contributed by atoms with Crippen LogP contribution in [0, 0.1) is 6.92 Å². The van der Waals surface area contributed by atoms with E-state index in [1.807, 2.05) is 0 Å². The van der Waals surface area contributed by atoms with Gasteiger partial charge in [-0.1, -0.05) is 18.1 Å². The quantitative estimate of drug-likeness (QED) is 0.479. The number of aryl methyl sites for hydroxylation is 1. The van der Waals surface area contributed by atoms with Crippen LogP contribution >= 0.6 is 11.3 Å². The van der Waals surface area contributed by atoms with E-state index in [9.17, 15) is 0 Å². The molecule has 1 aliphatic rings. The molecule has 0 bridgehead atoms. The van der Waals surface area contributed by atoms with Crippen molar-refractivity contribution >= 4 is 11.3 Å². The molecular formula is C13H20N2S. The van der Waals surface area contributed by atoms with E-state index >= 15 is 0 Å². The third kappa shape index (κ3) is 2.54. The molecule has 1 heterocycles. The van der Waals surface area contributed by atoms with Crippen LogP contribution in [-0.4, -0.2) is 0 Å². The van der Waals surface area contributed by atoms with Crippen molar-refractivity contribution < 1.29 is 0 Å². The van der Waals surface area contributed by atoms with Gasteiger partial charge in [0.2, 0.25) is 0 Å². The molecule has 0 saturated heterocycles. The number of hydrazine groups is 1. The lowest BCUT2D eigenvalue weighted by molar-refractivity contribution is 0.598. The van der Waals surface area contributed by atoms with E-state index in [1.165, 1.54) is 48.1 Å². The summed E-state index contributed by atoms with van der Waals surface area (Å²) in [7, 11) is 0. The highest BCUT2D eigenvalue weighted by Gasteiger charge is 2.18. The van der Waals surface area contributed by atoms with Crippen molar-refractivity contribution in [1.82, 2.24) is 5.43 Å². The lowest BCUT2D eigenvalue weighted by Gasteiger charge is -2.19. The van der Waals surface area contributed by atoms with Gasteiger partial charge in [-0.05, 0) is 49.6 Å². The largest absolute Gasteiger partial charge is 0.271 e. The van der Waals surface area contributed by atoms with Crippen LogP contribution in [0.4, 0.5) is 0 Å². The van der Waals surface area contributed by atoms with Crippen LogP contribution in [0.25, 0.3) is 0 Å². The summed E-state index contributed by atoms with van der Waals surface area (Å²) < 4.78 is 0. The third-order valence-electron chi connectivity index (χ3n) is 3.28. The van der Waals surface area contributed by atoms with Crippen LogP contribution in [0.1, 0.15) is 48.6 Å². The Labute approximate surface area is 102 Å². The molecule has 0 aromatic carbocycles. The molecule has 1 aliphatic carbocycles. The molecule has 0 aliphatic heterocycles. The Hall–Kier alpha value is -0.640. The molecule has 1 aromatic heterocycles. The minimum Gasteiger partial charge on any atom is -0.271 e. The zero-order valence-electron chi connectivity index (χ0n) is 9.83. The lowest BCUT2D eigenvalue weighted by atomic mass is 9.99. The Morgan fingerprint density at radius 1 is 1.38 bits per heavy atom. The number of allylic oxidation sites excluding steroid dienone is 1. The summed E-state index contributed by atoms with van der Waals surface area (Å²) in [4.78, 5) is 1.37. The summed E-state index contributed by atoms with van der Waals surface area (Å²) in [6.07, 6.45) is 8.75. The van der Waals surface area contributed by atoms with Crippen molar-refractivity contribution in [2.24, 2.45) is 5.84 Å². The molecule has 1 unspecified atom stereocenters. The second kappa shape index (κ2) is 5.62. The van der Waals surface area contributed by atoms with Crippen molar-refractivity contribution in [3.05, 3.63) is 33.5 Å². The van der Waals surface area contributed by atoms with Gasteiger partial charge in [-0.2, -0.15) is 0 Å². The average molecular weight is 236 g/mol. The van der Waals surface area contributed by atoms with Gasteiger partial charge < -0.3 is 0 Å². The molecular weight excluding hydrogens is 216 g/mol. The van der Waals surface area contributed by atoms with Gasteiger partial charge in [-0.3, -0.25) is 5.84 Å². The summed E-state index contributed by atoms with van der Waals surface area (Å²) in [5.41, 5.74) is 5.81. The van der Waals surface area contributed by atoms with Gasteiger partial charge >= 0.3 is 0 Å². The highest BCUT2D eigenvalue weighted by Crippen LogP contribution is 2.33. The third-order valence-corrected chi connectivity index (χ3v) is 4.36. The second-order valence-corrected chi connectivity index (χ2v) is 5.39. The van der Waals surface area contributed by atoms with E-state index in [4.69, 9.17) is 5.84 Å². The monoisotopic (exact) mass is 236 g/mol. The minimum atomic E-state index is 0.234. The Balaban J connectivity index is 2.21. The fourth-order valence-corrected chi connectivity index (χ4v) is 3.36. The average Bonchev–Trinajstić information content (AvgIpc) is 2.57. The smallest absolute Gasteiger partial charge is 0.0765 e. The molecule has 0 saturated carbocycles. The van der Waals surface area contributed by atoms with Gasteiger partial charge in [-0.15, -0.1) is 11.3 Å². The van der Waals surface area contributed by atoms with Gasteiger partial charge in [0, 0.05) is 4.88 Å². The fraction of sp³-hybridized carbons (Fsp3) is 0.538. The second-order valence-electron chi connectivity index (χ2n) is 4.45. The van der Waals surface area contributed by atoms with Crippen molar-refractivity contribution in [1.29, 1.82) is 0 Å². The normalized spacial score (nSPS) is 19.0. The number of hydrogen-bond donors (Lipinski definition) is 2. The molecule has 3 N–H and O–H groups in total. The van der Waals surface area contributed by atoms with Crippen LogP contribution in [0.15, 0.2) is 23.1 Å². The van der Waals surface area contributed by atoms with Crippen molar-refractivity contribution in [2.75, 3.05) is 0 Å². The number of hydrogen-bond acceptors (Lipinski definition) is 3.